The highest BCUT2D eigenvalue weighted by molar-refractivity contribution is 5.38. The van der Waals surface area contributed by atoms with Crippen molar-refractivity contribution in [3.8, 4) is 6.07 Å². The second kappa shape index (κ2) is 2.92. The number of nitrogens with zero attached hydrogens (tertiary/aromatic N) is 2. The molecule has 1 aliphatic rings. The van der Waals surface area contributed by atoms with Crippen molar-refractivity contribution in [1.82, 2.24) is 10.3 Å². The van der Waals surface area contributed by atoms with Gasteiger partial charge in [0.1, 0.15) is 0 Å². The van der Waals surface area contributed by atoms with E-state index in [1.165, 1.54) is 0 Å². The van der Waals surface area contributed by atoms with Crippen LogP contribution < -0.4 is 5.32 Å². The van der Waals surface area contributed by atoms with Gasteiger partial charge in [0.2, 0.25) is 0 Å². The van der Waals surface area contributed by atoms with Crippen molar-refractivity contribution < 1.29 is 0 Å². The van der Waals surface area contributed by atoms with Crippen molar-refractivity contribution in [2.24, 2.45) is 0 Å². The quantitative estimate of drug-likeness (QED) is 0.654. The zero-order valence-electron chi connectivity index (χ0n) is 6.62. The van der Waals surface area contributed by atoms with Gasteiger partial charge >= 0.3 is 0 Å². The summed E-state index contributed by atoms with van der Waals surface area (Å²) in [6.45, 7) is 1.95. The molecule has 2 rings (SSSR count). The summed E-state index contributed by atoms with van der Waals surface area (Å²) in [5.41, 5.74) is 1.84. The van der Waals surface area contributed by atoms with Crippen LogP contribution in [-0.4, -0.2) is 18.1 Å². The lowest BCUT2D eigenvalue weighted by Gasteiger charge is -2.27. The summed E-state index contributed by atoms with van der Waals surface area (Å²) >= 11 is 0. The summed E-state index contributed by atoms with van der Waals surface area (Å²) in [6.07, 6.45) is 3.46. The van der Waals surface area contributed by atoms with Crippen LogP contribution in [0.3, 0.4) is 0 Å². The third-order valence-corrected chi connectivity index (χ3v) is 2.19. The smallest absolute Gasteiger partial charge is 0.0995 e. The van der Waals surface area contributed by atoms with E-state index in [4.69, 9.17) is 5.26 Å². The Hall–Kier alpha value is -1.40. The molecule has 2 heterocycles. The maximum atomic E-state index is 8.79. The number of nitrogens with one attached hydrogen (secondary N) is 1. The van der Waals surface area contributed by atoms with Gasteiger partial charge in [-0.1, -0.05) is 0 Å². The Morgan fingerprint density at radius 3 is 3.00 bits per heavy atom. The van der Waals surface area contributed by atoms with Crippen LogP contribution in [0.15, 0.2) is 18.5 Å². The fourth-order valence-corrected chi connectivity index (χ4v) is 1.34. The van der Waals surface area contributed by atoms with Crippen LogP contribution in [-0.2, 0) is 0 Å². The van der Waals surface area contributed by atoms with Crippen LogP contribution in [0.1, 0.15) is 17.0 Å². The molecule has 0 aromatic carbocycles. The van der Waals surface area contributed by atoms with Gasteiger partial charge in [-0.2, -0.15) is 5.26 Å². The Bertz CT molecular complexity index is 323. The van der Waals surface area contributed by atoms with E-state index < -0.39 is 0 Å². The first-order valence-corrected chi connectivity index (χ1v) is 3.96. The standard InChI is InChI=1S/C9H9N3/c10-3-7-1-2-11-6-9(7)8-4-12-5-8/h1-2,6,8,12H,4-5H2. The van der Waals surface area contributed by atoms with Crippen LogP contribution in [0.2, 0.25) is 0 Å². The van der Waals surface area contributed by atoms with Crippen molar-refractivity contribution >= 4 is 0 Å². The lowest BCUT2D eigenvalue weighted by atomic mass is 9.92. The molecular weight excluding hydrogens is 150 g/mol. The molecular formula is C9H9N3. The molecule has 0 bridgehead atoms. The van der Waals surface area contributed by atoms with E-state index in [0.717, 1.165) is 24.2 Å². The Morgan fingerprint density at radius 2 is 2.42 bits per heavy atom. The summed E-state index contributed by atoms with van der Waals surface area (Å²) in [5.74, 6) is 0.494. The molecule has 1 aliphatic heterocycles. The predicted molar refractivity (Wildman–Crippen MR) is 44.6 cm³/mol. The first-order valence-electron chi connectivity index (χ1n) is 3.96. The monoisotopic (exact) mass is 159 g/mol. The van der Waals surface area contributed by atoms with E-state index in [2.05, 4.69) is 16.4 Å². The van der Waals surface area contributed by atoms with Gasteiger partial charge in [0.25, 0.3) is 0 Å². The number of hydrogen-bond acceptors (Lipinski definition) is 3. The number of pyridine rings is 1. The molecule has 0 amide bonds. The van der Waals surface area contributed by atoms with Crippen LogP contribution >= 0.6 is 0 Å². The van der Waals surface area contributed by atoms with E-state index in [0.29, 0.717) is 5.92 Å². The maximum absolute atomic E-state index is 8.79. The molecule has 3 heteroatoms. The van der Waals surface area contributed by atoms with Gasteiger partial charge in [0, 0.05) is 31.4 Å². The minimum atomic E-state index is 0.494. The zero-order chi connectivity index (χ0) is 8.39. The van der Waals surface area contributed by atoms with Crippen LogP contribution in [0.25, 0.3) is 0 Å². The Morgan fingerprint density at radius 1 is 1.58 bits per heavy atom. The predicted octanol–water partition coefficient (Wildman–Crippen LogP) is 0.640. The molecule has 0 aliphatic carbocycles. The summed E-state index contributed by atoms with van der Waals surface area (Å²) in [7, 11) is 0. The molecule has 0 saturated carbocycles. The Kier molecular flexibility index (Phi) is 1.77. The van der Waals surface area contributed by atoms with E-state index >= 15 is 0 Å². The average Bonchev–Trinajstić information content (AvgIpc) is 2.02. The van der Waals surface area contributed by atoms with Crippen LogP contribution in [0.4, 0.5) is 0 Å². The molecule has 0 spiro atoms. The summed E-state index contributed by atoms with van der Waals surface area (Å²) < 4.78 is 0. The maximum Gasteiger partial charge on any atom is 0.0995 e. The molecule has 1 fully saturated rings. The fourth-order valence-electron chi connectivity index (χ4n) is 1.34. The zero-order valence-corrected chi connectivity index (χ0v) is 6.62. The van der Waals surface area contributed by atoms with Crippen LogP contribution in [0.5, 0.6) is 0 Å². The normalized spacial score (nSPS) is 16.6. The van der Waals surface area contributed by atoms with Crippen molar-refractivity contribution in [2.75, 3.05) is 13.1 Å². The first kappa shape index (κ1) is 7.26. The number of rotatable bonds is 1. The van der Waals surface area contributed by atoms with Gasteiger partial charge in [-0.25, -0.2) is 0 Å². The SMILES string of the molecule is N#Cc1ccncc1C1CNC1. The van der Waals surface area contributed by atoms with E-state index in [9.17, 15) is 0 Å². The highest BCUT2D eigenvalue weighted by Crippen LogP contribution is 2.21. The van der Waals surface area contributed by atoms with Crippen molar-refractivity contribution in [1.29, 1.82) is 5.26 Å². The largest absolute Gasteiger partial charge is 0.315 e. The second-order valence-corrected chi connectivity index (χ2v) is 2.93. The van der Waals surface area contributed by atoms with Crippen molar-refractivity contribution in [3.05, 3.63) is 29.6 Å². The molecule has 0 unspecified atom stereocenters. The molecule has 1 aromatic rings. The molecule has 1 aromatic heterocycles. The van der Waals surface area contributed by atoms with Gasteiger partial charge in [0.05, 0.1) is 11.6 Å². The molecule has 60 valence electrons. The minimum Gasteiger partial charge on any atom is -0.315 e. The lowest BCUT2D eigenvalue weighted by Crippen LogP contribution is -2.40. The fraction of sp³-hybridized carbons (Fsp3) is 0.333. The van der Waals surface area contributed by atoms with Gasteiger partial charge < -0.3 is 5.32 Å². The molecule has 3 nitrogen and oxygen atoms in total. The minimum absolute atomic E-state index is 0.494. The van der Waals surface area contributed by atoms with Crippen LogP contribution in [0, 0.1) is 11.3 Å². The first-order chi connectivity index (χ1) is 5.92. The number of nitriles is 1. The molecule has 0 radical (unpaired) electrons. The summed E-state index contributed by atoms with van der Waals surface area (Å²) in [4.78, 5) is 4.02. The number of hydrogen-bond donors (Lipinski definition) is 1. The van der Waals surface area contributed by atoms with Gasteiger partial charge in [-0.15, -0.1) is 0 Å². The average molecular weight is 159 g/mol. The summed E-state index contributed by atoms with van der Waals surface area (Å²) in [6, 6.07) is 3.95. The highest BCUT2D eigenvalue weighted by atomic mass is 14.9. The topological polar surface area (TPSA) is 48.7 Å². The molecule has 0 atom stereocenters. The molecule has 1 N–H and O–H groups in total. The highest BCUT2D eigenvalue weighted by Gasteiger charge is 2.21. The van der Waals surface area contributed by atoms with Gasteiger partial charge in [0.15, 0.2) is 0 Å². The summed E-state index contributed by atoms with van der Waals surface area (Å²) in [5, 5.41) is 12.0. The Labute approximate surface area is 71.0 Å². The third-order valence-electron chi connectivity index (χ3n) is 2.19. The van der Waals surface area contributed by atoms with Gasteiger partial charge in [-0.3, -0.25) is 4.98 Å². The van der Waals surface area contributed by atoms with E-state index in [1.54, 1.807) is 18.5 Å². The van der Waals surface area contributed by atoms with Crippen molar-refractivity contribution in [2.45, 2.75) is 5.92 Å². The number of aromatic nitrogens is 1. The third kappa shape index (κ3) is 1.06. The molecule has 12 heavy (non-hydrogen) atoms. The van der Waals surface area contributed by atoms with E-state index in [-0.39, 0.29) is 0 Å². The Balaban J connectivity index is 2.35. The lowest BCUT2D eigenvalue weighted by molar-refractivity contribution is 0.447. The van der Waals surface area contributed by atoms with Gasteiger partial charge in [-0.05, 0) is 11.6 Å². The molecule has 1 saturated heterocycles. The van der Waals surface area contributed by atoms with E-state index in [1.807, 2.05) is 0 Å². The van der Waals surface area contributed by atoms with Crippen molar-refractivity contribution in [3.63, 3.8) is 0 Å². The second-order valence-electron chi connectivity index (χ2n) is 2.93.